The van der Waals surface area contributed by atoms with Crippen LogP contribution in [0.25, 0.3) is 0 Å². The monoisotopic (exact) mass is 262 g/mol. The molecule has 0 fully saturated rings. The van der Waals surface area contributed by atoms with E-state index in [4.69, 9.17) is 0 Å². The number of hydrogen-bond donors (Lipinski definition) is 2. The second kappa shape index (κ2) is 7.00. The van der Waals surface area contributed by atoms with Crippen LogP contribution in [0.2, 0.25) is 0 Å². The minimum atomic E-state index is 0.920. The van der Waals surface area contributed by atoms with Gasteiger partial charge in [-0.15, -0.1) is 0 Å². The quantitative estimate of drug-likeness (QED) is 0.708. The van der Waals surface area contributed by atoms with E-state index >= 15 is 0 Å². The third-order valence-electron chi connectivity index (χ3n) is 2.75. The summed E-state index contributed by atoms with van der Waals surface area (Å²) in [7, 11) is 0. The summed E-state index contributed by atoms with van der Waals surface area (Å²) >= 11 is 0. The van der Waals surface area contributed by atoms with E-state index in [9.17, 15) is 0 Å². The molecule has 2 heteroatoms. The number of para-hydroxylation sites is 1. The number of allylic oxidation sites excluding steroid dienone is 3. The van der Waals surface area contributed by atoms with Crippen LogP contribution in [0.1, 0.15) is 0 Å². The Hall–Kier alpha value is -2.74. The smallest absolute Gasteiger partial charge is 0.0385 e. The van der Waals surface area contributed by atoms with Crippen molar-refractivity contribution in [3.05, 3.63) is 91.7 Å². The van der Waals surface area contributed by atoms with Crippen molar-refractivity contribution in [2.75, 3.05) is 10.6 Å². The van der Waals surface area contributed by atoms with Crippen LogP contribution in [0.4, 0.5) is 17.1 Å². The van der Waals surface area contributed by atoms with Gasteiger partial charge < -0.3 is 10.6 Å². The highest BCUT2D eigenvalue weighted by atomic mass is 14.9. The third-order valence-corrected chi connectivity index (χ3v) is 2.75. The number of benzene rings is 2. The summed E-state index contributed by atoms with van der Waals surface area (Å²) in [5, 5.41) is 6.61. The van der Waals surface area contributed by atoms with Crippen molar-refractivity contribution in [2.45, 2.75) is 0 Å². The highest BCUT2D eigenvalue weighted by Gasteiger charge is 1.96. The zero-order valence-electron chi connectivity index (χ0n) is 11.3. The van der Waals surface area contributed by atoms with Crippen molar-refractivity contribution in [2.24, 2.45) is 0 Å². The van der Waals surface area contributed by atoms with E-state index in [1.54, 1.807) is 12.2 Å². The summed E-state index contributed by atoms with van der Waals surface area (Å²) in [5.74, 6) is 0. The molecule has 2 aromatic carbocycles. The Morgan fingerprint density at radius 3 is 2.00 bits per heavy atom. The van der Waals surface area contributed by atoms with E-state index in [-0.39, 0.29) is 0 Å². The lowest BCUT2D eigenvalue weighted by Crippen LogP contribution is -1.96. The third kappa shape index (κ3) is 3.89. The lowest BCUT2D eigenvalue weighted by molar-refractivity contribution is 1.47. The Bertz CT molecular complexity index is 595. The number of nitrogens with one attached hydrogen (secondary N) is 2. The van der Waals surface area contributed by atoms with Crippen LogP contribution >= 0.6 is 0 Å². The first kappa shape index (κ1) is 13.7. The van der Waals surface area contributed by atoms with Gasteiger partial charge in [0.15, 0.2) is 0 Å². The molecule has 2 rings (SSSR count). The minimum Gasteiger partial charge on any atom is -0.356 e. The molecule has 0 saturated heterocycles. The van der Waals surface area contributed by atoms with Gasteiger partial charge in [0.1, 0.15) is 0 Å². The van der Waals surface area contributed by atoms with Crippen molar-refractivity contribution < 1.29 is 0 Å². The summed E-state index contributed by atoms with van der Waals surface area (Å²) in [6.45, 7) is 7.44. The zero-order chi connectivity index (χ0) is 14.2. The van der Waals surface area contributed by atoms with Crippen molar-refractivity contribution >= 4 is 17.1 Å². The molecule has 0 heterocycles. The van der Waals surface area contributed by atoms with Gasteiger partial charge in [-0.3, -0.25) is 0 Å². The van der Waals surface area contributed by atoms with Crippen LogP contribution in [0, 0.1) is 0 Å². The lowest BCUT2D eigenvalue weighted by Gasteiger charge is -2.09. The average Bonchev–Trinajstić information content (AvgIpc) is 2.50. The Balaban J connectivity index is 2.05. The molecule has 2 aromatic rings. The molecule has 0 aliphatic heterocycles. The fraction of sp³-hybridized carbons (Fsp3) is 0. The largest absolute Gasteiger partial charge is 0.356 e. The molecule has 0 spiro atoms. The summed E-state index contributed by atoms with van der Waals surface area (Å²) in [4.78, 5) is 0. The Morgan fingerprint density at radius 2 is 1.40 bits per heavy atom. The van der Waals surface area contributed by atoms with Gasteiger partial charge in [-0.25, -0.2) is 0 Å². The maximum Gasteiger partial charge on any atom is 0.0385 e. The molecule has 100 valence electrons. The first-order chi connectivity index (χ1) is 9.81. The Morgan fingerprint density at radius 1 is 0.800 bits per heavy atom. The van der Waals surface area contributed by atoms with Gasteiger partial charge in [-0.1, -0.05) is 37.4 Å². The molecule has 2 nitrogen and oxygen atoms in total. The second-order valence-electron chi connectivity index (χ2n) is 4.26. The molecule has 0 aromatic heterocycles. The van der Waals surface area contributed by atoms with Crippen LogP contribution in [0.15, 0.2) is 91.7 Å². The van der Waals surface area contributed by atoms with Crippen LogP contribution < -0.4 is 10.6 Å². The van der Waals surface area contributed by atoms with Gasteiger partial charge in [0.25, 0.3) is 0 Å². The zero-order valence-corrected chi connectivity index (χ0v) is 11.3. The summed E-state index contributed by atoms with van der Waals surface area (Å²) in [5.41, 5.74) is 4.06. The molecular formula is C18H18N2. The maximum atomic E-state index is 3.76. The predicted molar refractivity (Wildman–Crippen MR) is 88.3 cm³/mol. The SMILES string of the molecule is C=C/C=C(\C=C)Nc1ccc(Nc2ccccc2)cc1. The summed E-state index contributed by atoms with van der Waals surface area (Å²) in [6, 6.07) is 18.2. The molecule has 0 radical (unpaired) electrons. The van der Waals surface area contributed by atoms with Gasteiger partial charge in [0.2, 0.25) is 0 Å². The molecule has 0 aliphatic rings. The van der Waals surface area contributed by atoms with E-state index in [2.05, 4.69) is 23.8 Å². The molecule has 2 N–H and O–H groups in total. The number of anilines is 3. The fourth-order valence-corrected chi connectivity index (χ4v) is 1.78. The van der Waals surface area contributed by atoms with E-state index in [1.165, 1.54) is 0 Å². The fourth-order valence-electron chi connectivity index (χ4n) is 1.78. The highest BCUT2D eigenvalue weighted by molar-refractivity contribution is 5.63. The normalized spacial score (nSPS) is 10.7. The number of rotatable bonds is 6. The van der Waals surface area contributed by atoms with Crippen LogP contribution in [-0.2, 0) is 0 Å². The Kier molecular flexibility index (Phi) is 4.79. The standard InChI is InChI=1S/C18H18N2/c1-3-8-15(4-2)19-17-11-13-18(14-12-17)20-16-9-6-5-7-10-16/h3-14,19-20H,1-2H2/b15-8+. The maximum absolute atomic E-state index is 3.76. The van der Waals surface area contributed by atoms with Crippen LogP contribution in [0.3, 0.4) is 0 Å². The topological polar surface area (TPSA) is 24.1 Å². The molecule has 0 unspecified atom stereocenters. The minimum absolute atomic E-state index is 0.920. The molecule has 20 heavy (non-hydrogen) atoms. The van der Waals surface area contributed by atoms with Crippen molar-refractivity contribution in [1.29, 1.82) is 0 Å². The highest BCUT2D eigenvalue weighted by Crippen LogP contribution is 2.19. The van der Waals surface area contributed by atoms with Crippen molar-refractivity contribution in [3.8, 4) is 0 Å². The average molecular weight is 262 g/mol. The first-order valence-electron chi connectivity index (χ1n) is 6.46. The molecule has 0 aliphatic carbocycles. The molecule has 0 amide bonds. The van der Waals surface area contributed by atoms with Crippen LogP contribution in [-0.4, -0.2) is 0 Å². The molecule has 0 saturated carbocycles. The van der Waals surface area contributed by atoms with Crippen molar-refractivity contribution in [3.63, 3.8) is 0 Å². The van der Waals surface area contributed by atoms with E-state index < -0.39 is 0 Å². The summed E-state index contributed by atoms with van der Waals surface area (Å²) in [6.07, 6.45) is 5.37. The van der Waals surface area contributed by atoms with Crippen LogP contribution in [0.5, 0.6) is 0 Å². The second-order valence-corrected chi connectivity index (χ2v) is 4.26. The first-order valence-corrected chi connectivity index (χ1v) is 6.46. The van der Waals surface area contributed by atoms with E-state index in [0.29, 0.717) is 0 Å². The number of hydrogen-bond acceptors (Lipinski definition) is 2. The molecule has 0 atom stereocenters. The lowest BCUT2D eigenvalue weighted by atomic mass is 10.2. The molecular weight excluding hydrogens is 244 g/mol. The van der Waals surface area contributed by atoms with Gasteiger partial charge in [-0.05, 0) is 48.6 Å². The van der Waals surface area contributed by atoms with Gasteiger partial charge in [-0.2, -0.15) is 0 Å². The predicted octanol–water partition coefficient (Wildman–Crippen LogP) is 5.10. The molecule has 0 bridgehead atoms. The van der Waals surface area contributed by atoms with E-state index in [0.717, 1.165) is 22.8 Å². The van der Waals surface area contributed by atoms with Gasteiger partial charge >= 0.3 is 0 Å². The van der Waals surface area contributed by atoms with Gasteiger partial charge in [0.05, 0.1) is 0 Å². The summed E-state index contributed by atoms with van der Waals surface area (Å²) < 4.78 is 0. The Labute approximate surface area is 120 Å². The van der Waals surface area contributed by atoms with Gasteiger partial charge in [0, 0.05) is 22.8 Å². The van der Waals surface area contributed by atoms with Crippen molar-refractivity contribution in [1.82, 2.24) is 0 Å². The van der Waals surface area contributed by atoms with E-state index in [1.807, 2.05) is 60.7 Å².